The number of thiophene rings is 1. The third-order valence-electron chi connectivity index (χ3n) is 4.28. The Bertz CT molecular complexity index is 815. The van der Waals surface area contributed by atoms with Gasteiger partial charge < -0.3 is 4.98 Å². The van der Waals surface area contributed by atoms with E-state index in [1.807, 2.05) is 6.92 Å². The molecule has 0 unspecified atom stereocenters. The van der Waals surface area contributed by atoms with Crippen LogP contribution < -0.4 is 5.56 Å². The molecule has 0 radical (unpaired) electrons. The molecule has 2 aromatic rings. The molecule has 0 aliphatic heterocycles. The van der Waals surface area contributed by atoms with E-state index in [9.17, 15) is 9.59 Å². The van der Waals surface area contributed by atoms with Crippen molar-refractivity contribution in [2.24, 2.45) is 0 Å². The first-order chi connectivity index (χ1) is 11.5. The minimum Gasteiger partial charge on any atom is -0.309 e. The molecule has 130 valence electrons. The zero-order chi connectivity index (χ0) is 17.3. The van der Waals surface area contributed by atoms with Crippen LogP contribution in [0.2, 0.25) is 0 Å². The predicted molar refractivity (Wildman–Crippen MR) is 97.4 cm³/mol. The number of amides is 1. The van der Waals surface area contributed by atoms with Gasteiger partial charge in [-0.05, 0) is 38.2 Å². The molecule has 1 aliphatic carbocycles. The summed E-state index contributed by atoms with van der Waals surface area (Å²) in [4.78, 5) is 39.0. The largest absolute Gasteiger partial charge is 0.309 e. The highest BCUT2D eigenvalue weighted by Gasteiger charge is 2.21. The fraction of sp³-hybridized carbons (Fsp3) is 0.562. The van der Waals surface area contributed by atoms with Crippen molar-refractivity contribution in [1.29, 1.82) is 0 Å². The summed E-state index contributed by atoms with van der Waals surface area (Å²) in [6.07, 6.45) is 4.35. The topological polar surface area (TPSA) is 75.3 Å². The van der Waals surface area contributed by atoms with Crippen molar-refractivity contribution in [3.8, 4) is 0 Å². The summed E-state index contributed by atoms with van der Waals surface area (Å²) >= 11 is 3.08. The van der Waals surface area contributed by atoms with Crippen LogP contribution in [0.25, 0.3) is 10.2 Å². The highest BCUT2D eigenvalue weighted by Crippen LogP contribution is 2.33. The zero-order valence-corrected chi connectivity index (χ0v) is 15.7. The lowest BCUT2D eigenvalue weighted by Crippen LogP contribution is -2.32. The second-order valence-corrected chi connectivity index (χ2v) is 8.29. The lowest BCUT2D eigenvalue weighted by Gasteiger charge is -2.18. The van der Waals surface area contributed by atoms with Crippen LogP contribution in [0.3, 0.4) is 0 Å². The van der Waals surface area contributed by atoms with Crippen LogP contribution in [0, 0.1) is 0 Å². The highest BCUT2D eigenvalue weighted by atomic mass is 32.2. The molecule has 3 rings (SSSR count). The number of H-pyrrole nitrogens is 1. The smallest absolute Gasteiger partial charge is 0.259 e. The Kier molecular flexibility index (Phi) is 5.27. The monoisotopic (exact) mass is 367 g/mol. The number of nitrogens with one attached hydrogen (secondary N) is 1. The Balaban J connectivity index is 1.79. The number of carbonyl (C=O) groups excluding carboxylic acids is 1. The average Bonchev–Trinajstić information content (AvgIpc) is 2.97. The summed E-state index contributed by atoms with van der Waals surface area (Å²) in [7, 11) is 3.04. The lowest BCUT2D eigenvalue weighted by molar-refractivity contribution is -0.167. The van der Waals surface area contributed by atoms with Crippen molar-refractivity contribution in [3.05, 3.63) is 26.6 Å². The van der Waals surface area contributed by atoms with Gasteiger partial charge in [-0.25, -0.2) is 10.0 Å². The standard InChI is InChI=1S/C16H21N3O3S2/c1-9(16(21)19(2)22-3)23-8-12-17-14(20)13-10-6-4-5-7-11(10)24-15(13)18-12/h9H,4-8H2,1-3H3,(H,17,18,20)/t9-/m0/s1. The van der Waals surface area contributed by atoms with E-state index in [1.54, 1.807) is 18.4 Å². The Morgan fingerprint density at radius 3 is 2.96 bits per heavy atom. The van der Waals surface area contributed by atoms with Gasteiger partial charge in [-0.3, -0.25) is 14.4 Å². The van der Waals surface area contributed by atoms with Crippen LogP contribution in [0.4, 0.5) is 0 Å². The molecule has 0 aromatic carbocycles. The molecule has 0 bridgehead atoms. The van der Waals surface area contributed by atoms with Gasteiger partial charge in [0.1, 0.15) is 10.7 Å². The molecule has 2 aromatic heterocycles. The van der Waals surface area contributed by atoms with Gasteiger partial charge in [-0.2, -0.15) is 0 Å². The van der Waals surface area contributed by atoms with E-state index in [-0.39, 0.29) is 16.7 Å². The molecule has 1 atom stereocenters. The highest BCUT2D eigenvalue weighted by molar-refractivity contribution is 7.99. The van der Waals surface area contributed by atoms with E-state index in [0.29, 0.717) is 11.6 Å². The molecule has 0 saturated heterocycles. The van der Waals surface area contributed by atoms with E-state index in [2.05, 4.69) is 9.97 Å². The number of thioether (sulfide) groups is 1. The normalized spacial score (nSPS) is 15.3. The Labute approximate surface area is 148 Å². The minimum absolute atomic E-state index is 0.0528. The summed E-state index contributed by atoms with van der Waals surface area (Å²) in [5.74, 6) is 0.992. The van der Waals surface area contributed by atoms with E-state index in [1.165, 1.54) is 40.8 Å². The molecule has 0 spiro atoms. The van der Waals surface area contributed by atoms with Gasteiger partial charge >= 0.3 is 0 Å². The first-order valence-corrected chi connectivity index (χ1v) is 9.84. The number of hydroxylamine groups is 2. The SMILES string of the molecule is CON(C)C(=O)[C@H](C)SCc1nc2sc3c(c2c(=O)[nH]1)CCCC3. The summed E-state index contributed by atoms with van der Waals surface area (Å²) in [5, 5.41) is 1.71. The number of hydrogen-bond donors (Lipinski definition) is 1. The number of carbonyl (C=O) groups is 1. The number of nitrogens with zero attached hydrogens (tertiary/aromatic N) is 2. The quantitative estimate of drug-likeness (QED) is 0.822. The maximum atomic E-state index is 12.5. The fourth-order valence-corrected chi connectivity index (χ4v) is 5.01. The number of hydrogen-bond acceptors (Lipinski definition) is 6. The number of aromatic amines is 1. The maximum Gasteiger partial charge on any atom is 0.259 e. The Morgan fingerprint density at radius 2 is 2.21 bits per heavy atom. The van der Waals surface area contributed by atoms with Gasteiger partial charge in [0.05, 0.1) is 23.5 Å². The van der Waals surface area contributed by atoms with Crippen molar-refractivity contribution in [2.45, 2.75) is 43.6 Å². The number of aromatic nitrogens is 2. The molecular weight excluding hydrogens is 346 g/mol. The van der Waals surface area contributed by atoms with Crippen molar-refractivity contribution in [2.75, 3.05) is 14.2 Å². The summed E-state index contributed by atoms with van der Waals surface area (Å²) in [6, 6.07) is 0. The second kappa shape index (κ2) is 7.25. The number of fused-ring (bicyclic) bond motifs is 3. The Morgan fingerprint density at radius 1 is 1.46 bits per heavy atom. The van der Waals surface area contributed by atoms with Crippen LogP contribution in [0.1, 0.15) is 36.0 Å². The molecule has 0 fully saturated rings. The molecule has 24 heavy (non-hydrogen) atoms. The number of rotatable bonds is 5. The fourth-order valence-electron chi connectivity index (χ4n) is 2.90. The minimum atomic E-state index is -0.271. The van der Waals surface area contributed by atoms with Crippen molar-refractivity contribution in [1.82, 2.24) is 15.0 Å². The van der Waals surface area contributed by atoms with Crippen LogP contribution in [-0.2, 0) is 28.2 Å². The molecule has 8 heteroatoms. The van der Waals surface area contributed by atoms with E-state index >= 15 is 0 Å². The Hall–Kier alpha value is -1.38. The van der Waals surface area contributed by atoms with Gasteiger partial charge in [0.2, 0.25) is 0 Å². The number of aryl methyl sites for hydroxylation is 2. The van der Waals surface area contributed by atoms with E-state index < -0.39 is 0 Å². The zero-order valence-electron chi connectivity index (χ0n) is 14.0. The second-order valence-electron chi connectivity index (χ2n) is 5.88. The summed E-state index contributed by atoms with van der Waals surface area (Å²) < 4.78 is 0. The first-order valence-electron chi connectivity index (χ1n) is 7.98. The van der Waals surface area contributed by atoms with E-state index in [0.717, 1.165) is 29.5 Å². The van der Waals surface area contributed by atoms with Gasteiger partial charge in [0.15, 0.2) is 0 Å². The van der Waals surface area contributed by atoms with Gasteiger partial charge in [0, 0.05) is 11.9 Å². The van der Waals surface area contributed by atoms with Crippen molar-refractivity contribution < 1.29 is 9.63 Å². The molecule has 1 aliphatic rings. The molecule has 2 heterocycles. The average molecular weight is 367 g/mol. The molecular formula is C16H21N3O3S2. The predicted octanol–water partition coefficient (Wildman–Crippen LogP) is 2.50. The molecule has 1 N–H and O–H groups in total. The van der Waals surface area contributed by atoms with E-state index in [4.69, 9.17) is 4.84 Å². The van der Waals surface area contributed by atoms with Crippen LogP contribution in [0.15, 0.2) is 4.79 Å². The van der Waals surface area contributed by atoms with Crippen LogP contribution in [-0.4, -0.2) is 40.3 Å². The van der Waals surface area contributed by atoms with Crippen LogP contribution >= 0.6 is 23.1 Å². The van der Waals surface area contributed by atoms with Crippen molar-refractivity contribution in [3.63, 3.8) is 0 Å². The van der Waals surface area contributed by atoms with Crippen LogP contribution in [0.5, 0.6) is 0 Å². The molecule has 1 amide bonds. The van der Waals surface area contributed by atoms with Gasteiger partial charge in [-0.1, -0.05) is 0 Å². The van der Waals surface area contributed by atoms with Crippen molar-refractivity contribution >= 4 is 39.2 Å². The van der Waals surface area contributed by atoms with Gasteiger partial charge in [-0.15, -0.1) is 23.1 Å². The summed E-state index contributed by atoms with van der Waals surface area (Å²) in [6.45, 7) is 1.82. The van der Waals surface area contributed by atoms with Gasteiger partial charge in [0.25, 0.3) is 11.5 Å². The molecule has 6 nitrogen and oxygen atoms in total. The maximum absolute atomic E-state index is 12.5. The third-order valence-corrected chi connectivity index (χ3v) is 6.60. The lowest BCUT2D eigenvalue weighted by atomic mass is 9.97. The third kappa shape index (κ3) is 3.36. The molecule has 0 saturated carbocycles. The summed E-state index contributed by atoms with van der Waals surface area (Å²) in [5.41, 5.74) is 1.14. The first kappa shape index (κ1) is 17.4.